The molecular formula is C12H32Si2. The van der Waals surface area contributed by atoms with E-state index in [1.54, 1.807) is 6.04 Å². The van der Waals surface area contributed by atoms with Gasteiger partial charge in [0, 0.05) is 8.80 Å². The van der Waals surface area contributed by atoms with Gasteiger partial charge in [0.15, 0.2) is 0 Å². The van der Waals surface area contributed by atoms with Gasteiger partial charge in [0.25, 0.3) is 0 Å². The molecule has 1 saturated heterocycles. The molecule has 0 spiro atoms. The van der Waals surface area contributed by atoms with Gasteiger partial charge < -0.3 is 0 Å². The first kappa shape index (κ1) is 16.8. The molecule has 0 aromatic carbocycles. The topological polar surface area (TPSA) is 0 Å². The normalized spacial score (nSPS) is 24.6. The van der Waals surface area contributed by atoms with Gasteiger partial charge in [-0.1, -0.05) is 72.4 Å². The van der Waals surface area contributed by atoms with Crippen molar-refractivity contribution in [1.82, 2.24) is 0 Å². The zero-order chi connectivity index (χ0) is 10.5. The Bertz CT molecular complexity index is 128. The maximum atomic E-state index is 2.54. The van der Waals surface area contributed by atoms with Crippen molar-refractivity contribution in [2.45, 2.75) is 77.9 Å². The highest BCUT2D eigenvalue weighted by atomic mass is 28.3. The second kappa shape index (κ2) is 7.69. The van der Waals surface area contributed by atoms with Gasteiger partial charge >= 0.3 is 0 Å². The molecule has 0 N–H and O–H groups in total. The minimum absolute atomic E-state index is 0. The Morgan fingerprint density at radius 1 is 1.07 bits per heavy atom. The third-order valence-electron chi connectivity index (χ3n) is 3.04. The van der Waals surface area contributed by atoms with Crippen LogP contribution in [0.2, 0.25) is 44.3 Å². The van der Waals surface area contributed by atoms with Crippen molar-refractivity contribution in [3.8, 4) is 0 Å². The molecule has 1 rings (SSSR count). The Hall–Kier alpha value is 0.434. The van der Waals surface area contributed by atoms with Gasteiger partial charge in [-0.3, -0.25) is 0 Å². The summed E-state index contributed by atoms with van der Waals surface area (Å²) in [7, 11) is -0.833. The predicted octanol–water partition coefficient (Wildman–Crippen LogP) is 5.01. The molecule has 0 aliphatic carbocycles. The molecule has 0 radical (unpaired) electrons. The third kappa shape index (κ3) is 7.80. The van der Waals surface area contributed by atoms with E-state index in [4.69, 9.17) is 0 Å². The van der Waals surface area contributed by atoms with E-state index in [1.165, 1.54) is 19.3 Å². The first-order chi connectivity index (χ1) is 5.86. The molecule has 14 heavy (non-hydrogen) atoms. The van der Waals surface area contributed by atoms with Crippen LogP contribution in [0.25, 0.3) is 0 Å². The summed E-state index contributed by atoms with van der Waals surface area (Å²) in [6, 6.07) is 1.58. The van der Waals surface area contributed by atoms with Crippen LogP contribution in [0, 0.1) is 0 Å². The highest BCUT2D eigenvalue weighted by molar-refractivity contribution is 6.78. The number of hydrogen-bond acceptors (Lipinski definition) is 0. The molecule has 0 saturated carbocycles. The van der Waals surface area contributed by atoms with E-state index in [-0.39, 0.29) is 16.2 Å². The minimum atomic E-state index is -0.694. The monoisotopic (exact) mass is 232 g/mol. The van der Waals surface area contributed by atoms with E-state index in [9.17, 15) is 0 Å². The summed E-state index contributed by atoms with van der Waals surface area (Å²) in [5.41, 5.74) is 1.09. The standard InChI is InChI=1S/C8H18Si.C3H10Si.CH4/c1-8-6-4-5-7-9(8,2)3;1-4(2)3;/h8H,4-7H2,1-3H3;4H,1-3H3;1H4. The molecular weight excluding hydrogens is 200 g/mol. The lowest BCUT2D eigenvalue weighted by Crippen LogP contribution is -2.33. The van der Waals surface area contributed by atoms with Crippen LogP contribution in [-0.2, 0) is 0 Å². The van der Waals surface area contributed by atoms with Crippen molar-refractivity contribution in [3.63, 3.8) is 0 Å². The van der Waals surface area contributed by atoms with E-state index in [2.05, 4.69) is 39.7 Å². The maximum absolute atomic E-state index is 2.54. The van der Waals surface area contributed by atoms with Gasteiger partial charge in [0.05, 0.1) is 8.07 Å². The molecule has 1 aliphatic heterocycles. The van der Waals surface area contributed by atoms with Crippen molar-refractivity contribution < 1.29 is 0 Å². The summed E-state index contributed by atoms with van der Waals surface area (Å²) in [5.74, 6) is 0. The highest BCUT2D eigenvalue weighted by Crippen LogP contribution is 2.36. The van der Waals surface area contributed by atoms with Crippen LogP contribution in [0.1, 0.15) is 33.6 Å². The summed E-state index contributed by atoms with van der Waals surface area (Å²) in [5, 5.41) is 0. The zero-order valence-corrected chi connectivity index (χ0v) is 12.6. The van der Waals surface area contributed by atoms with Gasteiger partial charge in [-0.15, -0.1) is 0 Å². The maximum Gasteiger partial charge on any atom is 0.0502 e. The molecule has 1 heterocycles. The van der Waals surface area contributed by atoms with E-state index in [1.807, 2.05) is 0 Å². The van der Waals surface area contributed by atoms with Crippen LogP contribution >= 0.6 is 0 Å². The van der Waals surface area contributed by atoms with Crippen molar-refractivity contribution in [2.24, 2.45) is 0 Å². The Balaban J connectivity index is 0. The molecule has 0 aromatic rings. The molecule has 1 atom stereocenters. The highest BCUT2D eigenvalue weighted by Gasteiger charge is 2.30. The second-order valence-corrected chi connectivity index (χ2v) is 14.8. The van der Waals surface area contributed by atoms with Crippen LogP contribution in [0.15, 0.2) is 0 Å². The summed E-state index contributed by atoms with van der Waals surface area (Å²) in [6.45, 7) is 14.4. The van der Waals surface area contributed by atoms with Crippen molar-refractivity contribution in [3.05, 3.63) is 0 Å². The smallest absolute Gasteiger partial charge is 0.0502 e. The molecule has 1 unspecified atom stereocenters. The van der Waals surface area contributed by atoms with Crippen LogP contribution in [0.5, 0.6) is 0 Å². The molecule has 1 fully saturated rings. The SMILES string of the molecule is C.CC1CCCC[Si]1(C)C.C[SiH](C)C. The zero-order valence-electron chi connectivity index (χ0n) is 10.5. The van der Waals surface area contributed by atoms with E-state index >= 15 is 0 Å². The molecule has 0 amide bonds. The van der Waals surface area contributed by atoms with E-state index < -0.39 is 8.07 Å². The van der Waals surface area contributed by atoms with Crippen molar-refractivity contribution in [1.29, 1.82) is 0 Å². The Morgan fingerprint density at radius 2 is 1.50 bits per heavy atom. The lowest BCUT2D eigenvalue weighted by molar-refractivity contribution is 0.635. The molecule has 0 nitrogen and oxygen atoms in total. The Kier molecular flexibility index (Phi) is 9.25. The summed E-state index contributed by atoms with van der Waals surface area (Å²) >= 11 is 0. The third-order valence-corrected chi connectivity index (χ3v) is 7.64. The van der Waals surface area contributed by atoms with Crippen molar-refractivity contribution in [2.75, 3.05) is 0 Å². The number of rotatable bonds is 0. The fraction of sp³-hybridized carbons (Fsp3) is 1.00. The van der Waals surface area contributed by atoms with E-state index in [0.29, 0.717) is 0 Å². The molecule has 1 aliphatic rings. The fourth-order valence-electron chi connectivity index (χ4n) is 1.67. The minimum Gasteiger partial charge on any atom is -0.0776 e. The van der Waals surface area contributed by atoms with Crippen molar-refractivity contribution >= 4 is 16.9 Å². The molecule has 88 valence electrons. The van der Waals surface area contributed by atoms with Gasteiger partial charge in [0.1, 0.15) is 0 Å². The second-order valence-electron chi connectivity index (χ2n) is 5.87. The largest absolute Gasteiger partial charge is 0.0776 e. The molecule has 0 bridgehead atoms. The molecule has 0 aromatic heterocycles. The van der Waals surface area contributed by atoms with Crippen LogP contribution in [-0.4, -0.2) is 16.9 Å². The van der Waals surface area contributed by atoms with Crippen LogP contribution < -0.4 is 0 Å². The van der Waals surface area contributed by atoms with E-state index in [0.717, 1.165) is 5.54 Å². The Morgan fingerprint density at radius 3 is 1.71 bits per heavy atom. The first-order valence-electron chi connectivity index (χ1n) is 5.86. The van der Waals surface area contributed by atoms with Gasteiger partial charge in [-0.2, -0.15) is 0 Å². The van der Waals surface area contributed by atoms with Crippen LogP contribution in [0.4, 0.5) is 0 Å². The van der Waals surface area contributed by atoms with Crippen LogP contribution in [0.3, 0.4) is 0 Å². The number of hydrogen-bond donors (Lipinski definition) is 0. The Labute approximate surface area is 95.1 Å². The summed E-state index contributed by atoms with van der Waals surface area (Å²) in [4.78, 5) is 0. The first-order valence-corrected chi connectivity index (χ1v) is 12.6. The van der Waals surface area contributed by atoms with Gasteiger partial charge in [-0.05, 0) is 5.54 Å². The summed E-state index contributed by atoms with van der Waals surface area (Å²) in [6.07, 6.45) is 4.53. The molecule has 2 heteroatoms. The van der Waals surface area contributed by atoms with Gasteiger partial charge in [-0.25, -0.2) is 0 Å². The quantitative estimate of drug-likeness (QED) is 0.515. The lowest BCUT2D eigenvalue weighted by atomic mass is 10.2. The lowest BCUT2D eigenvalue weighted by Gasteiger charge is -2.34. The average Bonchev–Trinajstić information content (AvgIpc) is 1.94. The van der Waals surface area contributed by atoms with Gasteiger partial charge in [0.2, 0.25) is 0 Å². The average molecular weight is 233 g/mol. The predicted molar refractivity (Wildman–Crippen MR) is 77.0 cm³/mol. The fourth-order valence-corrected chi connectivity index (χ4v) is 4.31. The summed E-state index contributed by atoms with van der Waals surface area (Å²) < 4.78 is 0.